The first kappa shape index (κ1) is 15.1. The van der Waals surface area contributed by atoms with E-state index in [-0.39, 0.29) is 11.5 Å². The molecular formula is C15H14BrNO2S. The van der Waals surface area contributed by atoms with Crippen LogP contribution in [0.4, 0.5) is 0 Å². The summed E-state index contributed by atoms with van der Waals surface area (Å²) in [5.74, 6) is -0.731. The van der Waals surface area contributed by atoms with Gasteiger partial charge in [-0.2, -0.15) is 0 Å². The first-order chi connectivity index (χ1) is 9.45. The average molecular weight is 352 g/mol. The van der Waals surface area contributed by atoms with Crippen molar-refractivity contribution in [3.8, 4) is 0 Å². The average Bonchev–Trinajstić information content (AvgIpc) is 2.41. The number of hydrogen-bond acceptors (Lipinski definition) is 3. The molecule has 0 bridgehead atoms. The number of halogens is 1. The van der Waals surface area contributed by atoms with Crippen LogP contribution in [-0.4, -0.2) is 16.1 Å². The van der Waals surface area contributed by atoms with Crippen LogP contribution in [0.1, 0.15) is 35.8 Å². The Hall–Kier alpha value is -1.33. The van der Waals surface area contributed by atoms with Gasteiger partial charge in [0.25, 0.3) is 0 Å². The van der Waals surface area contributed by atoms with E-state index in [1.807, 2.05) is 38.1 Å². The molecule has 5 heteroatoms. The normalized spacial score (nSPS) is 10.8. The number of benzene rings is 1. The van der Waals surface area contributed by atoms with Crippen molar-refractivity contribution in [1.29, 1.82) is 0 Å². The summed E-state index contributed by atoms with van der Waals surface area (Å²) in [5.41, 5.74) is 1.08. The molecule has 2 rings (SSSR count). The monoisotopic (exact) mass is 351 g/mol. The quantitative estimate of drug-likeness (QED) is 0.857. The summed E-state index contributed by atoms with van der Waals surface area (Å²) < 4.78 is 1.01. The minimum absolute atomic E-state index is 0.193. The van der Waals surface area contributed by atoms with Crippen LogP contribution in [-0.2, 0) is 0 Å². The Balaban J connectivity index is 2.35. The molecule has 0 unspecified atom stereocenters. The Labute approximate surface area is 130 Å². The standard InChI is InChI=1S/C15H14BrNO2S/c1-9(2)13-7-10(15(18)19)8-14(17-13)20-12-5-3-11(16)4-6-12/h3-9H,1-2H3,(H,18,19). The fourth-order valence-electron chi connectivity index (χ4n) is 1.62. The van der Waals surface area contributed by atoms with E-state index in [1.54, 1.807) is 12.1 Å². The van der Waals surface area contributed by atoms with Crippen LogP contribution in [0.5, 0.6) is 0 Å². The molecule has 20 heavy (non-hydrogen) atoms. The lowest BCUT2D eigenvalue weighted by atomic mass is 10.1. The Morgan fingerprint density at radius 3 is 2.45 bits per heavy atom. The predicted octanol–water partition coefficient (Wildman–Crippen LogP) is 4.82. The molecule has 0 saturated heterocycles. The highest BCUT2D eigenvalue weighted by molar-refractivity contribution is 9.10. The summed E-state index contributed by atoms with van der Waals surface area (Å²) in [4.78, 5) is 16.7. The van der Waals surface area contributed by atoms with Gasteiger partial charge in [0.2, 0.25) is 0 Å². The summed E-state index contributed by atoms with van der Waals surface area (Å²) in [6, 6.07) is 11.1. The lowest BCUT2D eigenvalue weighted by Crippen LogP contribution is -2.02. The van der Waals surface area contributed by atoms with Gasteiger partial charge in [-0.15, -0.1) is 0 Å². The van der Waals surface area contributed by atoms with E-state index >= 15 is 0 Å². The van der Waals surface area contributed by atoms with Gasteiger partial charge in [-0.05, 0) is 42.3 Å². The van der Waals surface area contributed by atoms with Gasteiger partial charge >= 0.3 is 5.97 Å². The van der Waals surface area contributed by atoms with Crippen molar-refractivity contribution in [1.82, 2.24) is 4.98 Å². The molecule has 0 fully saturated rings. The molecule has 1 aromatic heterocycles. The number of aromatic nitrogens is 1. The number of pyridine rings is 1. The number of carbonyl (C=O) groups is 1. The third-order valence-electron chi connectivity index (χ3n) is 2.70. The van der Waals surface area contributed by atoms with E-state index < -0.39 is 5.97 Å². The summed E-state index contributed by atoms with van der Waals surface area (Å²) in [5, 5.41) is 9.88. The number of aromatic carboxylic acids is 1. The van der Waals surface area contributed by atoms with Crippen LogP contribution in [0.25, 0.3) is 0 Å². The minimum atomic E-state index is -0.924. The molecule has 0 aliphatic heterocycles. The second-order valence-corrected chi connectivity index (χ2v) is 6.64. The first-order valence-electron chi connectivity index (χ1n) is 6.14. The maximum Gasteiger partial charge on any atom is 0.335 e. The van der Waals surface area contributed by atoms with Crippen LogP contribution in [0.3, 0.4) is 0 Å². The highest BCUT2D eigenvalue weighted by Crippen LogP contribution is 2.29. The van der Waals surface area contributed by atoms with E-state index in [2.05, 4.69) is 20.9 Å². The molecule has 0 amide bonds. The van der Waals surface area contributed by atoms with Crippen molar-refractivity contribution in [2.75, 3.05) is 0 Å². The maximum absolute atomic E-state index is 11.2. The van der Waals surface area contributed by atoms with Crippen LogP contribution in [0.2, 0.25) is 0 Å². The van der Waals surface area contributed by atoms with E-state index in [0.29, 0.717) is 5.03 Å². The van der Waals surface area contributed by atoms with Gasteiger partial charge in [-0.25, -0.2) is 9.78 Å². The van der Waals surface area contributed by atoms with Crippen LogP contribution in [0.15, 0.2) is 50.8 Å². The molecule has 0 radical (unpaired) electrons. The summed E-state index contributed by atoms with van der Waals surface area (Å²) in [7, 11) is 0. The molecule has 2 aromatic rings. The van der Waals surface area contributed by atoms with Gasteiger partial charge in [0.15, 0.2) is 0 Å². The fourth-order valence-corrected chi connectivity index (χ4v) is 2.74. The molecule has 0 atom stereocenters. The lowest BCUT2D eigenvalue weighted by molar-refractivity contribution is 0.0696. The summed E-state index contributed by atoms with van der Waals surface area (Å²) in [6.45, 7) is 4.00. The van der Waals surface area contributed by atoms with E-state index in [9.17, 15) is 9.90 Å². The molecule has 1 N–H and O–H groups in total. The molecule has 0 spiro atoms. The zero-order valence-corrected chi connectivity index (χ0v) is 13.5. The van der Waals surface area contributed by atoms with Gasteiger partial charge in [0.1, 0.15) is 5.03 Å². The third kappa shape index (κ3) is 3.84. The molecule has 1 aromatic carbocycles. The Bertz CT molecular complexity index is 626. The van der Waals surface area contributed by atoms with E-state index in [0.717, 1.165) is 15.1 Å². The fraction of sp³-hybridized carbons (Fsp3) is 0.200. The lowest BCUT2D eigenvalue weighted by Gasteiger charge is -2.09. The highest BCUT2D eigenvalue weighted by Gasteiger charge is 2.11. The summed E-state index contributed by atoms with van der Waals surface area (Å²) >= 11 is 4.85. The first-order valence-corrected chi connectivity index (χ1v) is 7.75. The molecule has 1 heterocycles. The van der Waals surface area contributed by atoms with Gasteiger partial charge < -0.3 is 5.11 Å². The van der Waals surface area contributed by atoms with Crippen molar-refractivity contribution in [2.45, 2.75) is 29.7 Å². The van der Waals surface area contributed by atoms with Crippen molar-refractivity contribution in [3.63, 3.8) is 0 Å². The second-order valence-electron chi connectivity index (χ2n) is 4.63. The Kier molecular flexibility index (Phi) is 4.83. The SMILES string of the molecule is CC(C)c1cc(C(=O)O)cc(Sc2ccc(Br)cc2)n1. The third-order valence-corrected chi connectivity index (χ3v) is 4.15. The molecule has 104 valence electrons. The topological polar surface area (TPSA) is 50.2 Å². The number of nitrogens with zero attached hydrogens (tertiary/aromatic N) is 1. The van der Waals surface area contributed by atoms with Gasteiger partial charge in [0.05, 0.1) is 5.56 Å². The highest BCUT2D eigenvalue weighted by atomic mass is 79.9. The zero-order chi connectivity index (χ0) is 14.7. The second kappa shape index (κ2) is 6.41. The Morgan fingerprint density at radius 2 is 1.90 bits per heavy atom. The van der Waals surface area contributed by atoms with Crippen molar-refractivity contribution in [3.05, 3.63) is 52.1 Å². The van der Waals surface area contributed by atoms with Gasteiger partial charge in [0, 0.05) is 15.1 Å². The molecule has 0 saturated carbocycles. The maximum atomic E-state index is 11.2. The molecule has 3 nitrogen and oxygen atoms in total. The number of carboxylic acids is 1. The van der Waals surface area contributed by atoms with E-state index in [1.165, 1.54) is 11.8 Å². The molecule has 0 aliphatic carbocycles. The number of carboxylic acid groups (broad SMARTS) is 1. The number of rotatable bonds is 4. The summed E-state index contributed by atoms with van der Waals surface area (Å²) in [6.07, 6.45) is 0. The Morgan fingerprint density at radius 1 is 1.25 bits per heavy atom. The zero-order valence-electron chi connectivity index (χ0n) is 11.1. The van der Waals surface area contributed by atoms with Gasteiger partial charge in [-0.1, -0.05) is 41.5 Å². The van der Waals surface area contributed by atoms with Crippen molar-refractivity contribution >= 4 is 33.7 Å². The van der Waals surface area contributed by atoms with Crippen LogP contribution < -0.4 is 0 Å². The largest absolute Gasteiger partial charge is 0.478 e. The molecular weight excluding hydrogens is 338 g/mol. The van der Waals surface area contributed by atoms with Crippen molar-refractivity contribution in [2.24, 2.45) is 0 Å². The number of hydrogen-bond donors (Lipinski definition) is 1. The minimum Gasteiger partial charge on any atom is -0.478 e. The van der Waals surface area contributed by atoms with Crippen molar-refractivity contribution < 1.29 is 9.90 Å². The molecule has 0 aliphatic rings. The predicted molar refractivity (Wildman–Crippen MR) is 83.6 cm³/mol. The smallest absolute Gasteiger partial charge is 0.335 e. The van der Waals surface area contributed by atoms with Gasteiger partial charge in [-0.3, -0.25) is 0 Å². The van der Waals surface area contributed by atoms with Crippen LogP contribution >= 0.6 is 27.7 Å². The van der Waals surface area contributed by atoms with E-state index in [4.69, 9.17) is 0 Å². The van der Waals surface area contributed by atoms with Crippen LogP contribution in [0, 0.1) is 0 Å².